The molecule has 2 aromatic carbocycles. The molecule has 0 fully saturated rings. The molecule has 31 heavy (non-hydrogen) atoms. The van der Waals surface area contributed by atoms with Crippen molar-refractivity contribution in [2.24, 2.45) is 0 Å². The Balaban J connectivity index is 1.64. The maximum atomic E-state index is 11.9. The van der Waals surface area contributed by atoms with Crippen LogP contribution in [0.3, 0.4) is 0 Å². The van der Waals surface area contributed by atoms with Crippen LogP contribution >= 0.6 is 15.9 Å². The molecule has 0 spiro atoms. The Morgan fingerprint density at radius 1 is 0.806 bits per heavy atom. The third-order valence-electron chi connectivity index (χ3n) is 3.96. The number of ether oxygens (including phenoxy) is 2. The van der Waals surface area contributed by atoms with E-state index in [0.29, 0.717) is 23.4 Å². The van der Waals surface area contributed by atoms with Gasteiger partial charge in [-0.15, -0.1) is 0 Å². The maximum absolute atomic E-state index is 11.9. The average Bonchev–Trinajstić information content (AvgIpc) is 2.74. The Labute approximate surface area is 188 Å². The molecule has 0 bridgehead atoms. The number of nitrogens with one attached hydrogen (secondary N) is 2. The van der Waals surface area contributed by atoms with Gasteiger partial charge in [-0.2, -0.15) is 0 Å². The largest absolute Gasteiger partial charge is 0.462 e. The minimum atomic E-state index is -0.566. The molecule has 2 N–H and O–H groups in total. The number of hydrogen-bond donors (Lipinski definition) is 2. The van der Waals surface area contributed by atoms with E-state index in [1.165, 1.54) is 12.1 Å². The molecule has 0 saturated carbocycles. The zero-order valence-electron chi connectivity index (χ0n) is 17.0. The lowest BCUT2D eigenvalue weighted by molar-refractivity contribution is -0.147. The minimum Gasteiger partial charge on any atom is -0.462 e. The summed E-state index contributed by atoms with van der Waals surface area (Å²) < 4.78 is 10.7. The third kappa shape index (κ3) is 9.00. The fourth-order valence-corrected chi connectivity index (χ4v) is 2.73. The lowest BCUT2D eigenvalue weighted by Crippen LogP contribution is -2.21. The van der Waals surface area contributed by atoms with Gasteiger partial charge in [-0.25, -0.2) is 4.79 Å². The number of anilines is 2. The number of carbonyl (C=O) groups is 4. The Morgan fingerprint density at radius 3 is 2.00 bits per heavy atom. The van der Waals surface area contributed by atoms with Gasteiger partial charge < -0.3 is 20.1 Å². The molecule has 2 aromatic rings. The zero-order valence-corrected chi connectivity index (χ0v) is 18.6. The maximum Gasteiger partial charge on any atom is 0.338 e. The normalized spacial score (nSPS) is 10.1. The van der Waals surface area contributed by atoms with Crippen molar-refractivity contribution in [3.05, 3.63) is 58.6 Å². The molecule has 0 radical (unpaired) electrons. The van der Waals surface area contributed by atoms with Gasteiger partial charge in [0.15, 0.2) is 6.61 Å². The van der Waals surface area contributed by atoms with Crippen molar-refractivity contribution in [1.82, 2.24) is 0 Å². The minimum absolute atomic E-state index is 0.0231. The van der Waals surface area contributed by atoms with Gasteiger partial charge in [-0.1, -0.05) is 15.9 Å². The van der Waals surface area contributed by atoms with Gasteiger partial charge in [0, 0.05) is 28.7 Å². The van der Waals surface area contributed by atoms with E-state index in [-0.39, 0.29) is 25.4 Å². The van der Waals surface area contributed by atoms with Crippen LogP contribution in [-0.4, -0.2) is 37.0 Å². The van der Waals surface area contributed by atoms with Gasteiger partial charge in [-0.3, -0.25) is 14.4 Å². The summed E-state index contributed by atoms with van der Waals surface area (Å²) in [7, 11) is 0. The van der Waals surface area contributed by atoms with E-state index in [0.717, 1.165) is 4.47 Å². The molecule has 9 heteroatoms. The molecule has 0 heterocycles. The molecule has 164 valence electrons. The standard InChI is InChI=1S/C22H23BrN2O6/c1-2-30-22(29)15-6-10-17(11-7-15)25-20(27)14-31-21(28)5-3-4-19(26)24-18-12-8-16(23)9-13-18/h6-13H,2-5,14H2,1H3,(H,24,26)(H,25,27). The molecule has 0 aromatic heterocycles. The SMILES string of the molecule is CCOC(=O)c1ccc(NC(=O)COC(=O)CCCC(=O)Nc2ccc(Br)cc2)cc1. The van der Waals surface area contributed by atoms with Crippen LogP contribution in [0.15, 0.2) is 53.0 Å². The van der Waals surface area contributed by atoms with Gasteiger partial charge in [0.05, 0.1) is 12.2 Å². The summed E-state index contributed by atoms with van der Waals surface area (Å²) >= 11 is 3.32. The van der Waals surface area contributed by atoms with Crippen molar-refractivity contribution in [3.63, 3.8) is 0 Å². The van der Waals surface area contributed by atoms with E-state index >= 15 is 0 Å². The molecule has 2 amide bonds. The first-order valence-electron chi connectivity index (χ1n) is 9.65. The van der Waals surface area contributed by atoms with Crippen LogP contribution < -0.4 is 10.6 Å². The first-order valence-corrected chi connectivity index (χ1v) is 10.4. The molecule has 0 atom stereocenters. The van der Waals surface area contributed by atoms with Crippen molar-refractivity contribution in [2.75, 3.05) is 23.8 Å². The number of benzene rings is 2. The summed E-state index contributed by atoms with van der Waals surface area (Å²) in [6.07, 6.45) is 0.484. The Bertz CT molecular complexity index is 913. The fourth-order valence-electron chi connectivity index (χ4n) is 2.47. The Morgan fingerprint density at radius 2 is 1.39 bits per heavy atom. The van der Waals surface area contributed by atoms with Crippen LogP contribution in [0.1, 0.15) is 36.5 Å². The van der Waals surface area contributed by atoms with Crippen LogP contribution in [0.2, 0.25) is 0 Å². The summed E-state index contributed by atoms with van der Waals surface area (Å²) in [4.78, 5) is 47.1. The van der Waals surface area contributed by atoms with E-state index < -0.39 is 24.5 Å². The lowest BCUT2D eigenvalue weighted by Gasteiger charge is -2.08. The average molecular weight is 491 g/mol. The molecule has 0 aliphatic rings. The van der Waals surface area contributed by atoms with Crippen LogP contribution in [0.5, 0.6) is 0 Å². The number of halogens is 1. The van der Waals surface area contributed by atoms with Crippen molar-refractivity contribution >= 4 is 51.1 Å². The van der Waals surface area contributed by atoms with Crippen molar-refractivity contribution in [2.45, 2.75) is 26.2 Å². The molecule has 8 nitrogen and oxygen atoms in total. The second-order valence-corrected chi connectivity index (χ2v) is 7.33. The van der Waals surface area contributed by atoms with Gasteiger partial charge in [0.25, 0.3) is 5.91 Å². The second kappa shape index (κ2) is 12.5. The summed E-state index contributed by atoms with van der Waals surface area (Å²) in [5.74, 6) is -1.73. The van der Waals surface area contributed by atoms with E-state index in [1.54, 1.807) is 31.2 Å². The smallest absolute Gasteiger partial charge is 0.338 e. The highest BCUT2D eigenvalue weighted by atomic mass is 79.9. The van der Waals surface area contributed by atoms with Crippen molar-refractivity contribution in [3.8, 4) is 0 Å². The number of rotatable bonds is 10. The second-order valence-electron chi connectivity index (χ2n) is 6.42. The fraction of sp³-hybridized carbons (Fsp3) is 0.273. The topological polar surface area (TPSA) is 111 Å². The first-order chi connectivity index (χ1) is 14.9. The number of carbonyl (C=O) groups excluding carboxylic acids is 4. The number of esters is 2. The molecule has 0 aliphatic carbocycles. The highest BCUT2D eigenvalue weighted by molar-refractivity contribution is 9.10. The monoisotopic (exact) mass is 490 g/mol. The van der Waals surface area contributed by atoms with Crippen LogP contribution in [0.4, 0.5) is 11.4 Å². The highest BCUT2D eigenvalue weighted by Crippen LogP contribution is 2.15. The molecule has 2 rings (SSSR count). The highest BCUT2D eigenvalue weighted by Gasteiger charge is 2.11. The van der Waals surface area contributed by atoms with E-state index in [9.17, 15) is 19.2 Å². The van der Waals surface area contributed by atoms with Crippen molar-refractivity contribution < 1.29 is 28.7 Å². The zero-order chi connectivity index (χ0) is 22.6. The van der Waals surface area contributed by atoms with Gasteiger partial charge in [0.2, 0.25) is 5.91 Å². The third-order valence-corrected chi connectivity index (χ3v) is 4.49. The Hall–Kier alpha value is -3.20. The molecular weight excluding hydrogens is 468 g/mol. The summed E-state index contributed by atoms with van der Waals surface area (Å²) in [5.41, 5.74) is 1.50. The van der Waals surface area contributed by atoms with E-state index in [2.05, 4.69) is 26.6 Å². The predicted molar refractivity (Wildman–Crippen MR) is 119 cm³/mol. The van der Waals surface area contributed by atoms with Crippen LogP contribution in [-0.2, 0) is 23.9 Å². The predicted octanol–water partition coefficient (Wildman–Crippen LogP) is 3.92. The van der Waals surface area contributed by atoms with E-state index in [1.807, 2.05) is 12.1 Å². The quantitative estimate of drug-likeness (QED) is 0.488. The number of hydrogen-bond acceptors (Lipinski definition) is 6. The first kappa shape index (κ1) is 24.1. The van der Waals surface area contributed by atoms with Crippen molar-refractivity contribution in [1.29, 1.82) is 0 Å². The Kier molecular flexibility index (Phi) is 9.70. The summed E-state index contributed by atoms with van der Waals surface area (Å²) in [6, 6.07) is 13.3. The molecule has 0 aliphatic heterocycles. The number of amides is 2. The molecular formula is C22H23BrN2O6. The van der Waals surface area contributed by atoms with E-state index in [4.69, 9.17) is 9.47 Å². The lowest BCUT2D eigenvalue weighted by atomic mass is 10.2. The van der Waals surface area contributed by atoms with Gasteiger partial charge in [0.1, 0.15) is 0 Å². The summed E-state index contributed by atoms with van der Waals surface area (Å²) in [6.45, 7) is 1.55. The molecule has 0 saturated heterocycles. The summed E-state index contributed by atoms with van der Waals surface area (Å²) in [5, 5.41) is 5.30. The van der Waals surface area contributed by atoms with Crippen LogP contribution in [0, 0.1) is 0 Å². The van der Waals surface area contributed by atoms with Gasteiger partial charge >= 0.3 is 11.9 Å². The van der Waals surface area contributed by atoms with Crippen LogP contribution in [0.25, 0.3) is 0 Å². The molecule has 0 unspecified atom stereocenters. The van der Waals surface area contributed by atoms with Gasteiger partial charge in [-0.05, 0) is 61.9 Å².